The number of nitrogens with two attached hydrogens (primary N) is 1. The van der Waals surface area contributed by atoms with Crippen LogP contribution in [0.3, 0.4) is 0 Å². The molecule has 4 rings (SSSR count). The molecule has 0 unspecified atom stereocenters. The Balaban J connectivity index is 1.51. The summed E-state index contributed by atoms with van der Waals surface area (Å²) in [5, 5.41) is 11.9. The molecule has 0 atom stereocenters. The lowest BCUT2D eigenvalue weighted by molar-refractivity contribution is 0.416. The third-order valence-electron chi connectivity index (χ3n) is 3.65. The zero-order valence-electron chi connectivity index (χ0n) is 13.8. The molecule has 4 aromatic rings. The topological polar surface area (TPSA) is 92.0 Å². The van der Waals surface area contributed by atoms with Gasteiger partial charge in [-0.2, -0.15) is 0 Å². The SMILES string of the molecule is COc1ccccc1-c1nnc(SCc2csc(-c3ccco3)n2)n1N. The van der Waals surface area contributed by atoms with Gasteiger partial charge >= 0.3 is 0 Å². The van der Waals surface area contributed by atoms with E-state index in [2.05, 4.69) is 15.2 Å². The Kier molecular flexibility index (Phi) is 4.63. The van der Waals surface area contributed by atoms with Crippen molar-refractivity contribution in [3.63, 3.8) is 0 Å². The molecule has 26 heavy (non-hydrogen) atoms. The zero-order valence-corrected chi connectivity index (χ0v) is 15.5. The van der Waals surface area contributed by atoms with Gasteiger partial charge in [0.1, 0.15) is 5.75 Å². The van der Waals surface area contributed by atoms with Crippen molar-refractivity contribution < 1.29 is 9.15 Å². The highest BCUT2D eigenvalue weighted by Crippen LogP contribution is 2.31. The van der Waals surface area contributed by atoms with Crippen molar-refractivity contribution in [3.8, 4) is 27.9 Å². The number of hydrogen-bond donors (Lipinski definition) is 1. The van der Waals surface area contributed by atoms with Gasteiger partial charge in [-0.05, 0) is 24.3 Å². The van der Waals surface area contributed by atoms with E-state index in [1.165, 1.54) is 16.4 Å². The highest BCUT2D eigenvalue weighted by atomic mass is 32.2. The van der Waals surface area contributed by atoms with Crippen LogP contribution in [0, 0.1) is 0 Å². The predicted molar refractivity (Wildman–Crippen MR) is 102 cm³/mol. The normalized spacial score (nSPS) is 11.0. The van der Waals surface area contributed by atoms with Gasteiger partial charge in [-0.15, -0.1) is 21.5 Å². The summed E-state index contributed by atoms with van der Waals surface area (Å²) in [4.78, 5) is 4.58. The maximum atomic E-state index is 6.19. The van der Waals surface area contributed by atoms with Crippen molar-refractivity contribution in [2.24, 2.45) is 0 Å². The first-order valence-electron chi connectivity index (χ1n) is 7.71. The molecule has 0 saturated heterocycles. The molecule has 132 valence electrons. The number of thiazole rings is 1. The van der Waals surface area contributed by atoms with Crippen molar-refractivity contribution >= 4 is 23.1 Å². The zero-order chi connectivity index (χ0) is 17.9. The second-order valence-electron chi connectivity index (χ2n) is 5.29. The molecule has 0 saturated carbocycles. The van der Waals surface area contributed by atoms with E-state index in [4.69, 9.17) is 15.0 Å². The summed E-state index contributed by atoms with van der Waals surface area (Å²) in [6.07, 6.45) is 1.64. The van der Waals surface area contributed by atoms with Crippen molar-refractivity contribution in [2.75, 3.05) is 13.0 Å². The first-order valence-corrected chi connectivity index (χ1v) is 9.57. The van der Waals surface area contributed by atoms with Gasteiger partial charge in [0.05, 0.1) is 24.6 Å². The summed E-state index contributed by atoms with van der Waals surface area (Å²) in [5.41, 5.74) is 1.74. The lowest BCUT2D eigenvalue weighted by Gasteiger charge is -2.07. The lowest BCUT2D eigenvalue weighted by atomic mass is 10.2. The van der Waals surface area contributed by atoms with E-state index < -0.39 is 0 Å². The number of ether oxygens (including phenoxy) is 1. The van der Waals surface area contributed by atoms with Crippen LogP contribution in [-0.2, 0) is 5.75 Å². The fourth-order valence-corrected chi connectivity index (χ4v) is 4.05. The van der Waals surface area contributed by atoms with Crippen LogP contribution in [0.25, 0.3) is 22.2 Å². The third kappa shape index (κ3) is 3.18. The number of thioether (sulfide) groups is 1. The average Bonchev–Trinajstić information content (AvgIpc) is 3.41. The van der Waals surface area contributed by atoms with Gasteiger partial charge < -0.3 is 15.0 Å². The van der Waals surface area contributed by atoms with Gasteiger partial charge in [0.25, 0.3) is 0 Å². The van der Waals surface area contributed by atoms with Crippen molar-refractivity contribution in [1.82, 2.24) is 19.9 Å². The number of benzene rings is 1. The van der Waals surface area contributed by atoms with Gasteiger partial charge in [-0.25, -0.2) is 9.66 Å². The third-order valence-corrected chi connectivity index (χ3v) is 5.53. The smallest absolute Gasteiger partial charge is 0.210 e. The lowest BCUT2D eigenvalue weighted by Crippen LogP contribution is -2.12. The van der Waals surface area contributed by atoms with Gasteiger partial charge in [0, 0.05) is 11.1 Å². The molecule has 1 aromatic carbocycles. The summed E-state index contributed by atoms with van der Waals surface area (Å²) in [6.45, 7) is 0. The van der Waals surface area contributed by atoms with E-state index in [1.54, 1.807) is 24.7 Å². The summed E-state index contributed by atoms with van der Waals surface area (Å²) < 4.78 is 12.2. The number of nitrogen functional groups attached to an aromatic ring is 1. The Labute approximate surface area is 157 Å². The van der Waals surface area contributed by atoms with E-state index in [1.807, 2.05) is 41.8 Å². The minimum absolute atomic E-state index is 0.555. The molecule has 0 amide bonds. The molecule has 3 aromatic heterocycles. The summed E-state index contributed by atoms with van der Waals surface area (Å²) in [5.74, 6) is 8.85. The number of methoxy groups -OCH3 is 1. The highest BCUT2D eigenvalue weighted by Gasteiger charge is 2.16. The van der Waals surface area contributed by atoms with Crippen molar-refractivity contribution in [3.05, 3.63) is 53.7 Å². The fourth-order valence-electron chi connectivity index (χ4n) is 2.41. The molecular formula is C17H15N5O2S2. The molecule has 9 heteroatoms. The second-order valence-corrected chi connectivity index (χ2v) is 7.09. The maximum absolute atomic E-state index is 6.19. The van der Waals surface area contributed by atoms with Crippen molar-refractivity contribution in [1.29, 1.82) is 0 Å². The number of furan rings is 1. The second kappa shape index (κ2) is 7.22. The van der Waals surface area contributed by atoms with Gasteiger partial charge in [-0.3, -0.25) is 0 Å². The van der Waals surface area contributed by atoms with E-state index in [0.29, 0.717) is 22.5 Å². The summed E-state index contributed by atoms with van der Waals surface area (Å²) in [7, 11) is 1.62. The molecule has 3 heterocycles. The van der Waals surface area contributed by atoms with Crippen LogP contribution < -0.4 is 10.6 Å². The standard InChI is InChI=1S/C17H15N5O2S2/c1-23-13-6-3-2-5-12(13)15-20-21-17(22(15)18)26-10-11-9-25-16(19-11)14-7-4-8-24-14/h2-9H,10,18H2,1H3. The molecule has 0 aliphatic carbocycles. The largest absolute Gasteiger partial charge is 0.496 e. The number of nitrogens with zero attached hydrogens (tertiary/aromatic N) is 4. The van der Waals surface area contributed by atoms with Gasteiger partial charge in [-0.1, -0.05) is 23.9 Å². The first kappa shape index (κ1) is 16.7. The van der Waals surface area contributed by atoms with E-state index >= 15 is 0 Å². The number of hydrogen-bond acceptors (Lipinski definition) is 8. The van der Waals surface area contributed by atoms with E-state index in [-0.39, 0.29) is 0 Å². The quantitative estimate of drug-likeness (QED) is 0.400. The van der Waals surface area contributed by atoms with Crippen molar-refractivity contribution in [2.45, 2.75) is 10.9 Å². The molecule has 7 nitrogen and oxygen atoms in total. The summed E-state index contributed by atoms with van der Waals surface area (Å²) >= 11 is 3.02. The van der Waals surface area contributed by atoms with Crippen LogP contribution in [0.4, 0.5) is 0 Å². The summed E-state index contributed by atoms with van der Waals surface area (Å²) in [6, 6.07) is 11.3. The predicted octanol–water partition coefficient (Wildman–Crippen LogP) is 3.68. The van der Waals surface area contributed by atoms with Crippen LogP contribution in [0.15, 0.2) is 57.6 Å². The number of rotatable bonds is 6. The molecule has 2 N–H and O–H groups in total. The average molecular weight is 385 g/mol. The molecule has 0 spiro atoms. The monoisotopic (exact) mass is 385 g/mol. The minimum atomic E-state index is 0.555. The molecule has 0 bridgehead atoms. The van der Waals surface area contributed by atoms with E-state index in [9.17, 15) is 0 Å². The minimum Gasteiger partial charge on any atom is -0.496 e. The van der Waals surface area contributed by atoms with Crippen LogP contribution in [0.2, 0.25) is 0 Å². The van der Waals surface area contributed by atoms with Crippen LogP contribution in [0.1, 0.15) is 5.69 Å². The fraction of sp³-hybridized carbons (Fsp3) is 0.118. The molecule has 0 radical (unpaired) electrons. The van der Waals surface area contributed by atoms with Crippen LogP contribution in [0.5, 0.6) is 5.75 Å². The Morgan fingerprint density at radius 2 is 2.12 bits per heavy atom. The Morgan fingerprint density at radius 1 is 1.23 bits per heavy atom. The Morgan fingerprint density at radius 3 is 2.92 bits per heavy atom. The Hall–Kier alpha value is -2.78. The van der Waals surface area contributed by atoms with Gasteiger partial charge in [0.15, 0.2) is 16.6 Å². The molecular weight excluding hydrogens is 370 g/mol. The van der Waals surface area contributed by atoms with Crippen LogP contribution in [-0.4, -0.2) is 27.0 Å². The Bertz CT molecular complexity index is 1010. The highest BCUT2D eigenvalue weighted by molar-refractivity contribution is 7.98. The van der Waals surface area contributed by atoms with Gasteiger partial charge in [0.2, 0.25) is 5.16 Å². The number of para-hydroxylation sites is 1. The van der Waals surface area contributed by atoms with E-state index in [0.717, 1.165) is 22.0 Å². The molecule has 0 aliphatic heterocycles. The molecule has 0 fully saturated rings. The number of aromatic nitrogens is 4. The molecule has 0 aliphatic rings. The van der Waals surface area contributed by atoms with Crippen LogP contribution >= 0.6 is 23.1 Å². The maximum Gasteiger partial charge on any atom is 0.210 e. The first-order chi connectivity index (χ1) is 12.8.